The lowest BCUT2D eigenvalue weighted by atomic mass is 9.96. The summed E-state index contributed by atoms with van der Waals surface area (Å²) in [6.07, 6.45) is 2.03. The van der Waals surface area contributed by atoms with Crippen molar-refractivity contribution in [3.8, 4) is 0 Å². The minimum atomic E-state index is -1.39. The second-order valence-electron chi connectivity index (χ2n) is 2.24. The Balaban J connectivity index is 4.21. The van der Waals surface area contributed by atoms with Gasteiger partial charge in [0.1, 0.15) is 5.60 Å². The van der Waals surface area contributed by atoms with Crippen molar-refractivity contribution in [3.63, 3.8) is 0 Å². The summed E-state index contributed by atoms with van der Waals surface area (Å²) in [6, 6.07) is 0. The van der Waals surface area contributed by atoms with Crippen molar-refractivity contribution >= 4 is 5.91 Å². The van der Waals surface area contributed by atoms with Crippen LogP contribution in [-0.4, -0.2) is 16.6 Å². The molecule has 0 heterocycles. The zero-order valence-corrected chi connectivity index (χ0v) is 6.13. The monoisotopic (exact) mass is 143 g/mol. The SMILES string of the molecule is C=CC[C@@](O)(CC)C(N)=O. The van der Waals surface area contributed by atoms with E-state index in [2.05, 4.69) is 6.58 Å². The van der Waals surface area contributed by atoms with E-state index in [1.807, 2.05) is 0 Å². The third-order valence-electron chi connectivity index (χ3n) is 1.53. The van der Waals surface area contributed by atoms with Crippen molar-refractivity contribution in [2.45, 2.75) is 25.4 Å². The highest BCUT2D eigenvalue weighted by Gasteiger charge is 2.29. The van der Waals surface area contributed by atoms with Crippen LogP contribution in [0.2, 0.25) is 0 Å². The maximum absolute atomic E-state index is 10.6. The fraction of sp³-hybridized carbons (Fsp3) is 0.571. The van der Waals surface area contributed by atoms with E-state index in [1.54, 1.807) is 6.92 Å². The smallest absolute Gasteiger partial charge is 0.249 e. The molecule has 0 spiro atoms. The third-order valence-corrected chi connectivity index (χ3v) is 1.53. The van der Waals surface area contributed by atoms with Crippen molar-refractivity contribution in [2.75, 3.05) is 0 Å². The molecule has 0 radical (unpaired) electrons. The van der Waals surface area contributed by atoms with E-state index in [9.17, 15) is 9.90 Å². The summed E-state index contributed by atoms with van der Waals surface area (Å²) < 4.78 is 0. The van der Waals surface area contributed by atoms with Gasteiger partial charge in [-0.05, 0) is 6.42 Å². The number of primary amides is 1. The molecule has 0 saturated heterocycles. The summed E-state index contributed by atoms with van der Waals surface area (Å²) in [5.74, 6) is -0.685. The molecule has 3 heteroatoms. The van der Waals surface area contributed by atoms with Crippen molar-refractivity contribution in [1.82, 2.24) is 0 Å². The largest absolute Gasteiger partial charge is 0.380 e. The first kappa shape index (κ1) is 9.17. The summed E-state index contributed by atoms with van der Waals surface area (Å²) in [7, 11) is 0. The number of hydrogen-bond donors (Lipinski definition) is 2. The van der Waals surface area contributed by atoms with E-state index in [-0.39, 0.29) is 6.42 Å². The Kier molecular flexibility index (Phi) is 3.09. The van der Waals surface area contributed by atoms with Crippen LogP contribution in [0.15, 0.2) is 12.7 Å². The van der Waals surface area contributed by atoms with Crippen LogP contribution >= 0.6 is 0 Å². The molecule has 0 aliphatic carbocycles. The van der Waals surface area contributed by atoms with E-state index < -0.39 is 11.5 Å². The second kappa shape index (κ2) is 3.37. The van der Waals surface area contributed by atoms with Gasteiger partial charge in [-0.1, -0.05) is 13.0 Å². The van der Waals surface area contributed by atoms with Crippen LogP contribution < -0.4 is 5.73 Å². The highest BCUT2D eigenvalue weighted by atomic mass is 16.3. The molecule has 0 rings (SSSR count). The lowest BCUT2D eigenvalue weighted by Gasteiger charge is -2.20. The predicted molar refractivity (Wildman–Crippen MR) is 39.2 cm³/mol. The Hall–Kier alpha value is -0.830. The van der Waals surface area contributed by atoms with Crippen LogP contribution in [0.1, 0.15) is 19.8 Å². The van der Waals surface area contributed by atoms with Gasteiger partial charge in [0.2, 0.25) is 5.91 Å². The summed E-state index contributed by atoms with van der Waals surface area (Å²) in [6.45, 7) is 5.11. The van der Waals surface area contributed by atoms with Crippen LogP contribution in [0.3, 0.4) is 0 Å². The van der Waals surface area contributed by atoms with E-state index in [1.165, 1.54) is 6.08 Å². The molecule has 1 atom stereocenters. The average molecular weight is 143 g/mol. The summed E-state index contributed by atoms with van der Waals surface area (Å²) in [5, 5.41) is 9.35. The first-order valence-electron chi connectivity index (χ1n) is 3.20. The average Bonchev–Trinajstić information content (AvgIpc) is 1.88. The van der Waals surface area contributed by atoms with E-state index in [0.29, 0.717) is 6.42 Å². The molecule has 3 nitrogen and oxygen atoms in total. The van der Waals surface area contributed by atoms with Gasteiger partial charge in [-0.15, -0.1) is 6.58 Å². The number of hydrogen-bond acceptors (Lipinski definition) is 2. The number of aliphatic hydroxyl groups is 1. The maximum atomic E-state index is 10.6. The summed E-state index contributed by atoms with van der Waals surface area (Å²) >= 11 is 0. The molecule has 0 aromatic rings. The molecule has 0 bridgehead atoms. The lowest BCUT2D eigenvalue weighted by Crippen LogP contribution is -2.42. The molecule has 0 aromatic heterocycles. The molecule has 0 aromatic carbocycles. The normalized spacial score (nSPS) is 15.8. The number of carbonyl (C=O) groups is 1. The fourth-order valence-corrected chi connectivity index (χ4v) is 0.658. The Morgan fingerprint density at radius 1 is 1.90 bits per heavy atom. The second-order valence-corrected chi connectivity index (χ2v) is 2.24. The molecule has 58 valence electrons. The Morgan fingerprint density at radius 2 is 2.40 bits per heavy atom. The van der Waals surface area contributed by atoms with Gasteiger partial charge in [-0.2, -0.15) is 0 Å². The van der Waals surface area contributed by atoms with Gasteiger partial charge in [-0.3, -0.25) is 4.79 Å². The summed E-state index contributed by atoms with van der Waals surface area (Å²) in [4.78, 5) is 10.6. The molecular weight excluding hydrogens is 130 g/mol. The number of nitrogens with two attached hydrogens (primary N) is 1. The van der Waals surface area contributed by atoms with Gasteiger partial charge in [0.05, 0.1) is 0 Å². The Bertz CT molecular complexity index is 145. The molecule has 10 heavy (non-hydrogen) atoms. The van der Waals surface area contributed by atoms with Crippen molar-refractivity contribution in [2.24, 2.45) is 5.73 Å². The summed E-state index contributed by atoms with van der Waals surface area (Å²) in [5.41, 5.74) is 3.54. The van der Waals surface area contributed by atoms with Gasteiger partial charge < -0.3 is 10.8 Å². The zero-order chi connectivity index (χ0) is 8.20. The van der Waals surface area contributed by atoms with E-state index in [4.69, 9.17) is 5.73 Å². The lowest BCUT2D eigenvalue weighted by molar-refractivity contribution is -0.136. The highest BCUT2D eigenvalue weighted by molar-refractivity contribution is 5.83. The molecule has 3 N–H and O–H groups in total. The maximum Gasteiger partial charge on any atom is 0.249 e. The highest BCUT2D eigenvalue weighted by Crippen LogP contribution is 2.13. The van der Waals surface area contributed by atoms with Crippen LogP contribution in [0.5, 0.6) is 0 Å². The van der Waals surface area contributed by atoms with Gasteiger partial charge in [-0.25, -0.2) is 0 Å². The third kappa shape index (κ3) is 1.84. The number of amides is 1. The topological polar surface area (TPSA) is 63.3 Å². The standard InChI is InChI=1S/C7H13NO2/c1-3-5-7(10,4-2)6(8)9/h3,10H,1,4-5H2,2H3,(H2,8,9)/t7-/m0/s1. The number of carbonyl (C=O) groups excluding carboxylic acids is 1. The van der Waals surface area contributed by atoms with Crippen LogP contribution in [0.25, 0.3) is 0 Å². The first-order chi connectivity index (χ1) is 4.56. The minimum absolute atomic E-state index is 0.221. The predicted octanol–water partition coefficient (Wildman–Crippen LogP) is 0.189. The van der Waals surface area contributed by atoms with Gasteiger partial charge >= 0.3 is 0 Å². The van der Waals surface area contributed by atoms with Gasteiger partial charge in [0.15, 0.2) is 0 Å². The van der Waals surface area contributed by atoms with Crippen molar-refractivity contribution < 1.29 is 9.90 Å². The van der Waals surface area contributed by atoms with Crippen molar-refractivity contribution in [1.29, 1.82) is 0 Å². The molecule has 1 amide bonds. The van der Waals surface area contributed by atoms with Crippen LogP contribution in [-0.2, 0) is 4.79 Å². The fourth-order valence-electron chi connectivity index (χ4n) is 0.658. The van der Waals surface area contributed by atoms with Crippen LogP contribution in [0.4, 0.5) is 0 Å². The van der Waals surface area contributed by atoms with E-state index in [0.717, 1.165) is 0 Å². The minimum Gasteiger partial charge on any atom is -0.380 e. The molecular formula is C7H13NO2. The molecule has 0 fully saturated rings. The molecule has 0 unspecified atom stereocenters. The van der Waals surface area contributed by atoms with Gasteiger partial charge in [0.25, 0.3) is 0 Å². The van der Waals surface area contributed by atoms with Crippen molar-refractivity contribution in [3.05, 3.63) is 12.7 Å². The van der Waals surface area contributed by atoms with Gasteiger partial charge in [0, 0.05) is 6.42 Å². The molecule has 0 aliphatic heterocycles. The first-order valence-corrected chi connectivity index (χ1v) is 3.20. The number of rotatable bonds is 4. The Labute approximate surface area is 60.5 Å². The molecule has 0 aliphatic rings. The quantitative estimate of drug-likeness (QED) is 0.552. The van der Waals surface area contributed by atoms with Crippen LogP contribution in [0, 0.1) is 0 Å². The molecule has 0 saturated carbocycles. The van der Waals surface area contributed by atoms with E-state index >= 15 is 0 Å². The Morgan fingerprint density at radius 3 is 2.50 bits per heavy atom. The zero-order valence-electron chi connectivity index (χ0n) is 6.13.